The Morgan fingerprint density at radius 1 is 0.735 bits per heavy atom. The smallest absolute Gasteiger partial charge is 0.191 e. The Morgan fingerprint density at radius 3 is 1.56 bits per heavy atom. The highest BCUT2D eigenvalue weighted by atomic mass is 32.1. The minimum Gasteiger partial charge on any atom is -0.507 e. The summed E-state index contributed by atoms with van der Waals surface area (Å²) in [4.78, 5) is 0. The number of rotatable bonds is 6. The van der Waals surface area contributed by atoms with Crippen molar-refractivity contribution in [3.05, 3.63) is 88.5 Å². The van der Waals surface area contributed by atoms with Crippen LogP contribution in [0, 0.1) is 20.8 Å². The van der Waals surface area contributed by atoms with Crippen molar-refractivity contribution in [3.63, 3.8) is 0 Å². The van der Waals surface area contributed by atoms with Crippen molar-refractivity contribution >= 4 is 58.5 Å². The molecule has 0 bridgehead atoms. The van der Waals surface area contributed by atoms with Crippen LogP contribution in [0.2, 0.25) is 0 Å². The average Bonchev–Trinajstić information content (AvgIpc) is 2.79. The van der Waals surface area contributed by atoms with Crippen LogP contribution < -0.4 is 21.5 Å². The first-order valence-corrected chi connectivity index (χ1v) is 11.3. The summed E-state index contributed by atoms with van der Waals surface area (Å²) in [6, 6.07) is 19.2. The molecule has 0 unspecified atom stereocenters. The largest absolute Gasteiger partial charge is 0.507 e. The van der Waals surface area contributed by atoms with Gasteiger partial charge in [0.25, 0.3) is 0 Å². The van der Waals surface area contributed by atoms with Crippen molar-refractivity contribution in [2.45, 2.75) is 20.8 Å². The molecule has 3 aromatic rings. The number of hydrogen-bond acceptors (Lipinski definition) is 5. The van der Waals surface area contributed by atoms with Gasteiger partial charge in [-0.05, 0) is 86.2 Å². The Hall–Kier alpha value is -3.82. The number of hydrogen-bond donors (Lipinski definition) is 5. The first kappa shape index (κ1) is 24.8. The SMILES string of the molecule is Cc1cc(/C=N/NC(=S)Nc2ccccc2C)c(O)c(/C=N/NC(=S)Nc2ccccc2C)c1. The second-order valence-corrected chi connectivity index (χ2v) is 8.39. The van der Waals surface area contributed by atoms with Gasteiger partial charge in [0.05, 0.1) is 12.4 Å². The molecule has 0 amide bonds. The number of aromatic hydroxyl groups is 1. The molecule has 174 valence electrons. The van der Waals surface area contributed by atoms with E-state index in [1.165, 1.54) is 12.4 Å². The monoisotopic (exact) mass is 490 g/mol. The Kier molecular flexibility index (Phi) is 8.66. The number of nitrogens with zero attached hydrogens (tertiary/aromatic N) is 2. The quantitative estimate of drug-likeness (QED) is 0.189. The van der Waals surface area contributed by atoms with Crippen LogP contribution in [0.25, 0.3) is 0 Å². The van der Waals surface area contributed by atoms with Crippen LogP contribution in [-0.2, 0) is 0 Å². The maximum Gasteiger partial charge on any atom is 0.191 e. The lowest BCUT2D eigenvalue weighted by Gasteiger charge is -2.10. The van der Waals surface area contributed by atoms with E-state index >= 15 is 0 Å². The molecule has 0 saturated carbocycles. The van der Waals surface area contributed by atoms with E-state index in [4.69, 9.17) is 24.4 Å². The molecule has 0 aliphatic carbocycles. The standard InChI is InChI=1S/C25H26N6OS2/c1-16-12-19(14-26-30-24(33)28-21-10-6-4-8-17(21)2)23(32)20(13-16)15-27-31-25(34)29-22-11-7-5-9-18(22)3/h4-15,32H,1-3H3,(H2,28,30,33)(H2,29,31,34)/b26-14+,27-15+. The van der Waals surface area contributed by atoms with E-state index in [0.29, 0.717) is 21.4 Å². The van der Waals surface area contributed by atoms with Gasteiger partial charge in [0.15, 0.2) is 10.2 Å². The molecular formula is C25H26N6OS2. The number of aryl methyl sites for hydroxylation is 3. The van der Waals surface area contributed by atoms with Crippen molar-refractivity contribution in [1.82, 2.24) is 10.9 Å². The molecule has 0 saturated heterocycles. The third-order valence-electron chi connectivity index (χ3n) is 4.84. The van der Waals surface area contributed by atoms with Crippen molar-refractivity contribution in [3.8, 4) is 5.75 Å². The lowest BCUT2D eigenvalue weighted by Crippen LogP contribution is -2.24. The summed E-state index contributed by atoms with van der Waals surface area (Å²) in [5.41, 5.74) is 11.4. The lowest BCUT2D eigenvalue weighted by atomic mass is 10.1. The molecule has 0 heterocycles. The van der Waals surface area contributed by atoms with Crippen LogP contribution in [0.3, 0.4) is 0 Å². The number of phenols is 1. The van der Waals surface area contributed by atoms with Crippen LogP contribution in [0.1, 0.15) is 27.8 Å². The number of hydrazone groups is 2. The van der Waals surface area contributed by atoms with Crippen LogP contribution in [0.15, 0.2) is 70.9 Å². The average molecular weight is 491 g/mol. The molecule has 0 aliphatic heterocycles. The topological polar surface area (TPSA) is 93.1 Å². The molecule has 0 aliphatic rings. The van der Waals surface area contributed by atoms with Crippen LogP contribution >= 0.6 is 24.4 Å². The second-order valence-electron chi connectivity index (χ2n) is 7.57. The van der Waals surface area contributed by atoms with Gasteiger partial charge in [-0.3, -0.25) is 10.9 Å². The van der Waals surface area contributed by atoms with Crippen molar-refractivity contribution < 1.29 is 5.11 Å². The zero-order valence-electron chi connectivity index (χ0n) is 19.1. The fourth-order valence-corrected chi connectivity index (χ4v) is 3.41. The Balaban J connectivity index is 1.61. The van der Waals surface area contributed by atoms with Gasteiger partial charge >= 0.3 is 0 Å². The van der Waals surface area contributed by atoms with Gasteiger partial charge in [0, 0.05) is 22.5 Å². The van der Waals surface area contributed by atoms with Crippen LogP contribution in [0.5, 0.6) is 5.75 Å². The van der Waals surface area contributed by atoms with E-state index in [9.17, 15) is 5.11 Å². The number of anilines is 2. The van der Waals surface area contributed by atoms with Gasteiger partial charge in [-0.2, -0.15) is 10.2 Å². The normalized spacial score (nSPS) is 10.9. The fraction of sp³-hybridized carbons (Fsp3) is 0.120. The van der Waals surface area contributed by atoms with E-state index in [1.807, 2.05) is 81.4 Å². The zero-order valence-corrected chi connectivity index (χ0v) is 20.7. The molecule has 5 N–H and O–H groups in total. The summed E-state index contributed by atoms with van der Waals surface area (Å²) < 4.78 is 0. The van der Waals surface area contributed by atoms with Crippen LogP contribution in [0.4, 0.5) is 11.4 Å². The maximum atomic E-state index is 10.7. The second kappa shape index (κ2) is 11.9. The first-order chi connectivity index (χ1) is 16.3. The Bertz CT molecular complexity index is 1160. The molecular weight excluding hydrogens is 464 g/mol. The summed E-state index contributed by atoms with van der Waals surface area (Å²) in [6.07, 6.45) is 3.01. The summed E-state index contributed by atoms with van der Waals surface area (Å²) in [5, 5.41) is 25.8. The Morgan fingerprint density at radius 2 is 1.15 bits per heavy atom. The van der Waals surface area contributed by atoms with E-state index < -0.39 is 0 Å². The molecule has 0 aromatic heterocycles. The van der Waals surface area contributed by atoms with E-state index in [2.05, 4.69) is 31.7 Å². The molecule has 7 nitrogen and oxygen atoms in total. The summed E-state index contributed by atoms with van der Waals surface area (Å²) in [7, 11) is 0. The lowest BCUT2D eigenvalue weighted by molar-refractivity contribution is 0.473. The van der Waals surface area contributed by atoms with E-state index in [-0.39, 0.29) is 5.75 Å². The predicted octanol–water partition coefficient (Wildman–Crippen LogP) is 4.96. The van der Waals surface area contributed by atoms with Crippen LogP contribution in [-0.4, -0.2) is 27.8 Å². The highest BCUT2D eigenvalue weighted by Crippen LogP contribution is 2.22. The molecule has 0 radical (unpaired) electrons. The zero-order chi connectivity index (χ0) is 24.5. The van der Waals surface area contributed by atoms with Gasteiger partial charge in [-0.1, -0.05) is 36.4 Å². The van der Waals surface area contributed by atoms with Gasteiger partial charge in [0.1, 0.15) is 5.75 Å². The van der Waals surface area contributed by atoms with Crippen molar-refractivity contribution in [1.29, 1.82) is 0 Å². The fourth-order valence-electron chi connectivity index (χ4n) is 3.08. The van der Waals surface area contributed by atoms with Crippen molar-refractivity contribution in [2.24, 2.45) is 10.2 Å². The van der Waals surface area contributed by atoms with Gasteiger partial charge in [-0.25, -0.2) is 0 Å². The third kappa shape index (κ3) is 7.09. The highest BCUT2D eigenvalue weighted by molar-refractivity contribution is 7.80. The predicted molar refractivity (Wildman–Crippen MR) is 149 cm³/mol. The van der Waals surface area contributed by atoms with E-state index in [1.54, 1.807) is 0 Å². The third-order valence-corrected chi connectivity index (χ3v) is 5.23. The molecule has 0 fully saturated rings. The number of thiocarbonyl (C=S) groups is 2. The minimum atomic E-state index is 0.0391. The number of nitrogens with one attached hydrogen (secondary N) is 4. The molecule has 0 atom stereocenters. The molecule has 3 aromatic carbocycles. The number of para-hydroxylation sites is 2. The van der Waals surface area contributed by atoms with Gasteiger partial charge < -0.3 is 15.7 Å². The van der Waals surface area contributed by atoms with Gasteiger partial charge in [0.2, 0.25) is 0 Å². The minimum absolute atomic E-state index is 0.0391. The summed E-state index contributed by atoms with van der Waals surface area (Å²) in [5.74, 6) is 0.0391. The Labute approximate surface area is 210 Å². The number of phenolic OH excluding ortho intramolecular Hbond substituents is 1. The van der Waals surface area contributed by atoms with Gasteiger partial charge in [-0.15, -0.1) is 0 Å². The molecule has 34 heavy (non-hydrogen) atoms. The molecule has 9 heteroatoms. The summed E-state index contributed by atoms with van der Waals surface area (Å²) >= 11 is 10.6. The first-order valence-electron chi connectivity index (χ1n) is 10.5. The molecule has 3 rings (SSSR count). The van der Waals surface area contributed by atoms with E-state index in [0.717, 1.165) is 28.1 Å². The van der Waals surface area contributed by atoms with Crippen molar-refractivity contribution in [2.75, 3.05) is 10.6 Å². The highest BCUT2D eigenvalue weighted by Gasteiger charge is 2.07. The maximum absolute atomic E-state index is 10.7. The summed E-state index contributed by atoms with van der Waals surface area (Å²) in [6.45, 7) is 5.90. The number of benzene rings is 3. The molecule has 0 spiro atoms.